The molecule has 3 aliphatic heterocycles. The highest BCUT2D eigenvalue weighted by atomic mass is 16.5. The van der Waals surface area contributed by atoms with Crippen molar-refractivity contribution in [2.75, 3.05) is 25.1 Å². The van der Waals surface area contributed by atoms with Gasteiger partial charge >= 0.3 is 0 Å². The lowest BCUT2D eigenvalue weighted by Crippen LogP contribution is -2.56. The van der Waals surface area contributed by atoms with E-state index in [4.69, 9.17) is 9.47 Å². The van der Waals surface area contributed by atoms with Gasteiger partial charge in [-0.2, -0.15) is 0 Å². The summed E-state index contributed by atoms with van der Waals surface area (Å²) in [6.45, 7) is 8.30. The Morgan fingerprint density at radius 3 is 2.51 bits per heavy atom. The molecular formula is C26H37N3O6. The molecule has 9 nitrogen and oxygen atoms in total. The first-order valence-electron chi connectivity index (χ1n) is 12.7. The van der Waals surface area contributed by atoms with Gasteiger partial charge in [-0.3, -0.25) is 14.4 Å². The summed E-state index contributed by atoms with van der Waals surface area (Å²) in [5, 5.41) is 15.3. The summed E-state index contributed by atoms with van der Waals surface area (Å²) in [6.07, 6.45) is 2.06. The van der Waals surface area contributed by atoms with E-state index in [2.05, 4.69) is 10.6 Å². The average Bonchev–Trinajstić information content (AvgIpc) is 3.42. The lowest BCUT2D eigenvalue weighted by Gasteiger charge is -2.34. The van der Waals surface area contributed by atoms with Crippen molar-refractivity contribution >= 4 is 23.4 Å². The zero-order chi connectivity index (χ0) is 25.4. The second-order valence-corrected chi connectivity index (χ2v) is 10.1. The van der Waals surface area contributed by atoms with Gasteiger partial charge in [0.05, 0.1) is 24.0 Å². The number of hydrogen-bond acceptors (Lipinski definition) is 6. The minimum Gasteiger partial charge on any atom is -0.494 e. The van der Waals surface area contributed by atoms with E-state index in [1.165, 1.54) is 4.90 Å². The number of carbonyl (C=O) groups excluding carboxylic acids is 3. The Balaban J connectivity index is 1.67. The zero-order valence-electron chi connectivity index (χ0n) is 21.0. The normalized spacial score (nSPS) is 31.1. The summed E-state index contributed by atoms with van der Waals surface area (Å²) in [4.78, 5) is 42.4. The van der Waals surface area contributed by atoms with E-state index < -0.39 is 29.1 Å². The molecule has 3 heterocycles. The molecular weight excluding hydrogens is 450 g/mol. The predicted octanol–water partition coefficient (Wildman–Crippen LogP) is 2.09. The van der Waals surface area contributed by atoms with Gasteiger partial charge in [-0.1, -0.05) is 6.92 Å². The van der Waals surface area contributed by atoms with Crippen LogP contribution in [0.3, 0.4) is 0 Å². The van der Waals surface area contributed by atoms with Gasteiger partial charge in [-0.15, -0.1) is 0 Å². The average molecular weight is 488 g/mol. The van der Waals surface area contributed by atoms with Gasteiger partial charge in [0.25, 0.3) is 0 Å². The molecule has 0 aliphatic carbocycles. The van der Waals surface area contributed by atoms with Crippen molar-refractivity contribution in [1.82, 2.24) is 10.2 Å². The molecule has 1 aromatic rings. The predicted molar refractivity (Wildman–Crippen MR) is 130 cm³/mol. The topological polar surface area (TPSA) is 117 Å². The minimum atomic E-state index is -1.05. The van der Waals surface area contributed by atoms with Crippen LogP contribution >= 0.6 is 0 Å². The highest BCUT2D eigenvalue weighted by Crippen LogP contribution is 2.64. The first kappa shape index (κ1) is 25.4. The Hall–Kier alpha value is -2.65. The fourth-order valence-corrected chi connectivity index (χ4v) is 6.28. The van der Waals surface area contributed by atoms with Crippen molar-refractivity contribution in [2.24, 2.45) is 11.8 Å². The van der Waals surface area contributed by atoms with E-state index in [1.807, 2.05) is 27.7 Å². The summed E-state index contributed by atoms with van der Waals surface area (Å²) in [6, 6.07) is 6.19. The number of aliphatic hydroxyl groups excluding tert-OH is 1. The van der Waals surface area contributed by atoms with Gasteiger partial charge in [0.1, 0.15) is 17.4 Å². The number of nitrogens with one attached hydrogen (secondary N) is 2. The van der Waals surface area contributed by atoms with Crippen LogP contribution in [0.25, 0.3) is 0 Å². The molecule has 2 bridgehead atoms. The van der Waals surface area contributed by atoms with Crippen LogP contribution in [0.15, 0.2) is 24.3 Å². The van der Waals surface area contributed by atoms with Gasteiger partial charge in [-0.25, -0.2) is 0 Å². The molecule has 3 aliphatic rings. The molecule has 3 fully saturated rings. The fourth-order valence-electron chi connectivity index (χ4n) is 6.28. The minimum absolute atomic E-state index is 0.0959. The molecule has 3 saturated heterocycles. The maximum Gasteiger partial charge on any atom is 0.246 e. The number of aliphatic hydroxyl groups is 1. The molecule has 35 heavy (non-hydrogen) atoms. The number of amides is 3. The summed E-state index contributed by atoms with van der Waals surface area (Å²) >= 11 is 0. The summed E-state index contributed by atoms with van der Waals surface area (Å²) < 4.78 is 12.1. The van der Waals surface area contributed by atoms with Crippen molar-refractivity contribution in [2.45, 2.75) is 76.7 Å². The third-order valence-electron chi connectivity index (χ3n) is 7.63. The number of nitrogens with zero attached hydrogens (tertiary/aromatic N) is 1. The van der Waals surface area contributed by atoms with Crippen LogP contribution < -0.4 is 15.4 Å². The second kappa shape index (κ2) is 9.78. The largest absolute Gasteiger partial charge is 0.494 e. The molecule has 0 saturated carbocycles. The van der Waals surface area contributed by atoms with Crippen molar-refractivity contribution in [3.8, 4) is 5.75 Å². The first-order chi connectivity index (χ1) is 16.7. The van der Waals surface area contributed by atoms with E-state index in [0.717, 1.165) is 0 Å². The summed E-state index contributed by atoms with van der Waals surface area (Å²) in [5.41, 5.74) is -1.24. The third-order valence-corrected chi connectivity index (χ3v) is 7.63. The van der Waals surface area contributed by atoms with Crippen LogP contribution in [-0.2, 0) is 19.1 Å². The maximum absolute atomic E-state index is 13.8. The van der Waals surface area contributed by atoms with E-state index in [0.29, 0.717) is 43.7 Å². The van der Waals surface area contributed by atoms with Crippen molar-refractivity contribution in [1.29, 1.82) is 0 Å². The maximum atomic E-state index is 13.8. The number of anilines is 1. The first-order valence-corrected chi connectivity index (χ1v) is 12.7. The van der Waals surface area contributed by atoms with Gasteiger partial charge in [0.15, 0.2) is 0 Å². The van der Waals surface area contributed by atoms with Gasteiger partial charge in [-0.05, 0) is 70.7 Å². The third kappa shape index (κ3) is 4.18. The van der Waals surface area contributed by atoms with Gasteiger partial charge in [0.2, 0.25) is 17.7 Å². The molecule has 192 valence electrons. The number of carbonyl (C=O) groups is 3. The summed E-state index contributed by atoms with van der Waals surface area (Å²) in [7, 11) is 0. The number of benzene rings is 1. The Morgan fingerprint density at radius 1 is 1.20 bits per heavy atom. The fraction of sp³-hybridized carbons (Fsp3) is 0.654. The smallest absolute Gasteiger partial charge is 0.246 e. The number of fused-ring (bicyclic) bond motifs is 1. The Kier molecular flexibility index (Phi) is 7.11. The molecule has 0 radical (unpaired) electrons. The molecule has 2 unspecified atom stereocenters. The highest BCUT2D eigenvalue weighted by molar-refractivity contribution is 6.02. The van der Waals surface area contributed by atoms with Crippen LogP contribution in [0.2, 0.25) is 0 Å². The second-order valence-electron chi connectivity index (χ2n) is 10.1. The SMILES string of the molecule is CCOc1ccc(NC(=O)[C@@H]2[C@H]3C(=O)N(CCCO)C(C(=O)NC(C)C)C34CC[C@@]2(CC)O4)cc1. The van der Waals surface area contributed by atoms with Crippen LogP contribution in [0, 0.1) is 11.8 Å². The molecule has 3 amide bonds. The Bertz CT molecular complexity index is 966. The van der Waals surface area contributed by atoms with Crippen LogP contribution in [-0.4, -0.2) is 70.8 Å². The van der Waals surface area contributed by atoms with Gasteiger partial charge in [0, 0.05) is 24.9 Å². The molecule has 0 aromatic heterocycles. The Morgan fingerprint density at radius 2 is 1.91 bits per heavy atom. The quantitative estimate of drug-likeness (QED) is 0.465. The number of likely N-dealkylation sites (tertiary alicyclic amines) is 1. The standard InChI is InChI=1S/C26H37N3O6/c1-5-25-12-13-26(35-25)20(19(25)22(31)28-17-8-10-18(11-9-17)34-6-2)24(33)29(14-7-15-30)21(26)23(32)27-16(3)4/h8-11,16,19-21,30H,5-7,12-15H2,1-4H3,(H,27,32)(H,28,31)/t19-,20-,21?,25+,26?/m0/s1. The molecule has 3 N–H and O–H groups in total. The van der Waals surface area contributed by atoms with Crippen molar-refractivity contribution in [3.05, 3.63) is 24.3 Å². The van der Waals surface area contributed by atoms with Gasteiger partial charge < -0.3 is 30.1 Å². The van der Waals surface area contributed by atoms with Crippen molar-refractivity contribution in [3.63, 3.8) is 0 Å². The highest BCUT2D eigenvalue weighted by Gasteiger charge is 2.78. The van der Waals surface area contributed by atoms with Crippen LogP contribution in [0.4, 0.5) is 5.69 Å². The van der Waals surface area contributed by atoms with E-state index >= 15 is 0 Å². The summed E-state index contributed by atoms with van der Waals surface area (Å²) in [5.74, 6) is -1.54. The lowest BCUT2D eigenvalue weighted by molar-refractivity contribution is -0.146. The molecule has 5 atom stereocenters. The van der Waals surface area contributed by atoms with Crippen LogP contribution in [0.5, 0.6) is 5.75 Å². The number of hydrogen-bond donors (Lipinski definition) is 3. The molecule has 4 rings (SSSR count). The number of ether oxygens (including phenoxy) is 2. The van der Waals surface area contributed by atoms with E-state index in [-0.39, 0.29) is 36.9 Å². The molecule has 1 spiro atoms. The van der Waals surface area contributed by atoms with E-state index in [1.54, 1.807) is 24.3 Å². The molecule has 9 heteroatoms. The lowest BCUT2D eigenvalue weighted by atomic mass is 9.65. The molecule has 1 aromatic carbocycles. The van der Waals surface area contributed by atoms with Crippen molar-refractivity contribution < 1.29 is 29.0 Å². The van der Waals surface area contributed by atoms with E-state index in [9.17, 15) is 19.5 Å². The number of rotatable bonds is 10. The monoisotopic (exact) mass is 487 g/mol. The van der Waals surface area contributed by atoms with Crippen LogP contribution in [0.1, 0.15) is 53.4 Å². The zero-order valence-corrected chi connectivity index (χ0v) is 21.0. The Labute approximate surface area is 206 Å².